The molecule has 0 atom stereocenters. The van der Waals surface area contributed by atoms with E-state index in [0.29, 0.717) is 11.3 Å². The van der Waals surface area contributed by atoms with Crippen LogP contribution in [0, 0.1) is 0 Å². The van der Waals surface area contributed by atoms with E-state index < -0.39 is 24.3 Å². The fourth-order valence-corrected chi connectivity index (χ4v) is 3.44. The Hall–Kier alpha value is -5.67. The van der Waals surface area contributed by atoms with Crippen molar-refractivity contribution < 1.29 is 50.9 Å². The molecule has 0 spiro atoms. The fourth-order valence-electron chi connectivity index (χ4n) is 3.44. The number of nitrogen functional groups attached to an aromatic ring is 1. The zero-order valence-electron chi connectivity index (χ0n) is 21.4. The Bertz CT molecular complexity index is 1690. The third kappa shape index (κ3) is 8.66. The first kappa shape index (κ1) is 31.9. The van der Waals surface area contributed by atoms with Gasteiger partial charge in [0, 0.05) is 40.3 Å². The molecule has 0 aliphatic carbocycles. The summed E-state index contributed by atoms with van der Waals surface area (Å²) in [5.41, 5.74) is 12.4. The van der Waals surface area contributed by atoms with Gasteiger partial charge >= 0.3 is 24.3 Å². The van der Waals surface area contributed by atoms with E-state index in [1.807, 2.05) is 60.7 Å². The van der Waals surface area contributed by atoms with Gasteiger partial charge in [0.15, 0.2) is 0 Å². The predicted octanol–water partition coefficient (Wildman–Crippen LogP) is 5.47. The Kier molecular flexibility index (Phi) is 9.54. The third-order valence-corrected chi connectivity index (χ3v) is 5.38. The van der Waals surface area contributed by atoms with E-state index in [4.69, 9.17) is 25.5 Å². The van der Waals surface area contributed by atoms with Gasteiger partial charge in [-0.25, -0.2) is 9.59 Å². The van der Waals surface area contributed by atoms with Gasteiger partial charge in [0.05, 0.1) is 11.2 Å². The normalized spacial score (nSPS) is 13.5. The van der Waals surface area contributed by atoms with Gasteiger partial charge in [0.2, 0.25) is 0 Å². The highest BCUT2D eigenvalue weighted by Gasteiger charge is 2.38. The highest BCUT2D eigenvalue weighted by atomic mass is 19.4. The van der Waals surface area contributed by atoms with Crippen LogP contribution < -0.4 is 11.1 Å². The number of fused-ring (bicyclic) bond motifs is 2. The SMILES string of the molecule is Nc1ccc2c(c1)C(=Cc1ccc3c(C=Cc4ccncc4)n[nH]c3c1)C(=O)N2.O=C(O)C(F)(F)F.O=C(O)C(F)(F)F. The number of alkyl halides is 6. The van der Waals surface area contributed by atoms with E-state index in [-0.39, 0.29) is 5.91 Å². The summed E-state index contributed by atoms with van der Waals surface area (Å²) in [6.45, 7) is 0. The molecule has 3 heterocycles. The highest BCUT2D eigenvalue weighted by molar-refractivity contribution is 6.35. The summed E-state index contributed by atoms with van der Waals surface area (Å²) in [6, 6.07) is 15.3. The Labute approximate surface area is 237 Å². The van der Waals surface area contributed by atoms with Crippen molar-refractivity contribution in [2.75, 3.05) is 11.1 Å². The molecule has 2 aromatic carbocycles. The number of hydrogen-bond acceptors (Lipinski definition) is 6. The summed E-state index contributed by atoms with van der Waals surface area (Å²) >= 11 is 0. The molecule has 1 aliphatic rings. The number of anilines is 2. The average molecular weight is 607 g/mol. The van der Waals surface area contributed by atoms with Crippen molar-refractivity contribution in [1.82, 2.24) is 15.2 Å². The Morgan fingerprint density at radius 1 is 0.837 bits per heavy atom. The number of aromatic amines is 1. The van der Waals surface area contributed by atoms with Crippen LogP contribution in [0.2, 0.25) is 0 Å². The minimum atomic E-state index is -5.08. The minimum Gasteiger partial charge on any atom is -0.475 e. The smallest absolute Gasteiger partial charge is 0.475 e. The van der Waals surface area contributed by atoms with E-state index in [2.05, 4.69) is 20.5 Å². The van der Waals surface area contributed by atoms with Gasteiger partial charge in [-0.05, 0) is 65.7 Å². The Morgan fingerprint density at radius 3 is 2.02 bits per heavy atom. The quantitative estimate of drug-likeness (QED) is 0.116. The second kappa shape index (κ2) is 12.9. The van der Waals surface area contributed by atoms with Crippen LogP contribution in [0.3, 0.4) is 0 Å². The maximum atomic E-state index is 12.4. The Morgan fingerprint density at radius 2 is 1.44 bits per heavy atom. The monoisotopic (exact) mass is 607 g/mol. The van der Waals surface area contributed by atoms with E-state index >= 15 is 0 Å². The van der Waals surface area contributed by atoms with E-state index in [1.54, 1.807) is 18.5 Å². The maximum Gasteiger partial charge on any atom is 0.490 e. The first-order valence-corrected chi connectivity index (χ1v) is 11.7. The summed E-state index contributed by atoms with van der Waals surface area (Å²) in [5, 5.41) is 25.6. The molecule has 5 rings (SSSR count). The number of nitrogens with one attached hydrogen (secondary N) is 2. The first-order valence-electron chi connectivity index (χ1n) is 11.7. The van der Waals surface area contributed by atoms with Crippen LogP contribution in [0.15, 0.2) is 60.9 Å². The number of nitrogens with zero attached hydrogens (tertiary/aromatic N) is 2. The third-order valence-electron chi connectivity index (χ3n) is 5.38. The molecule has 0 bridgehead atoms. The highest BCUT2D eigenvalue weighted by Crippen LogP contribution is 2.34. The minimum absolute atomic E-state index is 0.128. The number of hydrogen-bond donors (Lipinski definition) is 5. The van der Waals surface area contributed by atoms with E-state index in [1.165, 1.54) is 0 Å². The van der Waals surface area contributed by atoms with Crippen molar-refractivity contribution in [3.8, 4) is 0 Å². The summed E-state index contributed by atoms with van der Waals surface area (Å²) in [5.74, 6) is -5.64. The Balaban J connectivity index is 0.000000303. The molecule has 16 heteroatoms. The van der Waals surface area contributed by atoms with Crippen LogP contribution in [-0.2, 0) is 14.4 Å². The molecule has 224 valence electrons. The molecule has 1 amide bonds. The predicted molar refractivity (Wildman–Crippen MR) is 144 cm³/mol. The number of rotatable bonds is 3. The zero-order valence-corrected chi connectivity index (χ0v) is 21.4. The van der Waals surface area contributed by atoms with E-state index in [9.17, 15) is 31.1 Å². The molecule has 43 heavy (non-hydrogen) atoms. The molecule has 4 aromatic rings. The van der Waals surface area contributed by atoms with Crippen LogP contribution in [0.1, 0.15) is 22.4 Å². The van der Waals surface area contributed by atoms with Crippen LogP contribution in [0.4, 0.5) is 37.7 Å². The summed E-state index contributed by atoms with van der Waals surface area (Å²) in [7, 11) is 0. The molecule has 0 saturated carbocycles. The second-order valence-corrected chi connectivity index (χ2v) is 8.45. The number of H-pyrrole nitrogens is 1. The molecule has 2 aromatic heterocycles. The molecule has 6 N–H and O–H groups in total. The number of aromatic nitrogens is 3. The number of carboxylic acids is 2. The van der Waals surface area contributed by atoms with Gasteiger partial charge in [0.1, 0.15) is 0 Å². The lowest BCUT2D eigenvalue weighted by Crippen LogP contribution is -2.21. The van der Waals surface area contributed by atoms with Crippen molar-refractivity contribution in [2.24, 2.45) is 0 Å². The number of pyridine rings is 1. The van der Waals surface area contributed by atoms with Crippen molar-refractivity contribution in [1.29, 1.82) is 0 Å². The van der Waals surface area contributed by atoms with Crippen molar-refractivity contribution in [2.45, 2.75) is 12.4 Å². The van der Waals surface area contributed by atoms with Crippen LogP contribution in [0.5, 0.6) is 0 Å². The van der Waals surface area contributed by atoms with Crippen molar-refractivity contribution in [3.63, 3.8) is 0 Å². The largest absolute Gasteiger partial charge is 0.490 e. The van der Waals surface area contributed by atoms with Crippen LogP contribution in [-0.4, -0.2) is 55.6 Å². The van der Waals surface area contributed by atoms with Gasteiger partial charge < -0.3 is 21.3 Å². The summed E-state index contributed by atoms with van der Waals surface area (Å²) in [6.07, 6.45) is -0.819. The molecule has 0 fully saturated rings. The van der Waals surface area contributed by atoms with Gasteiger partial charge in [-0.1, -0.05) is 12.1 Å². The molecule has 1 aliphatic heterocycles. The van der Waals surface area contributed by atoms with Crippen molar-refractivity contribution >= 4 is 63.9 Å². The second-order valence-electron chi connectivity index (χ2n) is 8.45. The molecular weight excluding hydrogens is 588 g/mol. The molecule has 0 saturated heterocycles. The zero-order chi connectivity index (χ0) is 31.9. The lowest BCUT2D eigenvalue weighted by atomic mass is 10.0. The van der Waals surface area contributed by atoms with Gasteiger partial charge in [-0.3, -0.25) is 14.9 Å². The van der Waals surface area contributed by atoms with Gasteiger partial charge in [0.25, 0.3) is 5.91 Å². The summed E-state index contributed by atoms with van der Waals surface area (Å²) < 4.78 is 63.5. The van der Waals surface area contributed by atoms with Gasteiger partial charge in [-0.15, -0.1) is 0 Å². The fraction of sp³-hybridized carbons (Fsp3) is 0.0741. The molecular formula is C27H19F6N5O5. The number of benzene rings is 2. The standard InChI is InChI=1S/C23H17N5O.2C2HF3O2/c24-16-3-6-20-18(13-16)19(23(29)26-20)11-15-1-4-17-21(27-28-22(17)12-15)5-2-14-7-9-25-10-8-14;2*3-2(4,5)1(6)7/h1-13H,24H2,(H,26,29)(H,27,28);2*(H,6,7). The lowest BCUT2D eigenvalue weighted by molar-refractivity contribution is -0.193. The lowest BCUT2D eigenvalue weighted by Gasteiger charge is -2.01. The average Bonchev–Trinajstić information content (AvgIpc) is 3.47. The molecule has 0 unspecified atom stereocenters. The number of carbonyl (C=O) groups is 3. The summed E-state index contributed by atoms with van der Waals surface area (Å²) in [4.78, 5) is 34.2. The molecule has 10 nitrogen and oxygen atoms in total. The topological polar surface area (TPSA) is 171 Å². The maximum absolute atomic E-state index is 12.4. The number of aliphatic carboxylic acids is 2. The number of carbonyl (C=O) groups excluding carboxylic acids is 1. The number of nitrogens with two attached hydrogens (primary N) is 1. The van der Waals surface area contributed by atoms with Crippen LogP contribution >= 0.6 is 0 Å². The molecule has 0 radical (unpaired) electrons. The van der Waals surface area contributed by atoms with E-state index in [0.717, 1.165) is 39.0 Å². The van der Waals surface area contributed by atoms with Crippen molar-refractivity contribution in [3.05, 3.63) is 83.3 Å². The number of carboxylic acid groups (broad SMARTS) is 2. The van der Waals surface area contributed by atoms with Gasteiger partial charge in [-0.2, -0.15) is 31.4 Å². The number of amides is 1. The number of halogens is 6. The van der Waals surface area contributed by atoms with Crippen LogP contribution in [0.25, 0.3) is 34.7 Å². The first-order chi connectivity index (χ1) is 20.1.